The Hall–Kier alpha value is -1.78. The van der Waals surface area contributed by atoms with Crippen LogP contribution in [-0.2, 0) is 9.53 Å². The highest BCUT2D eigenvalue weighted by Crippen LogP contribution is 2.19. The fraction of sp³-hybridized carbons (Fsp3) is 0.182. The molecular formula is C11H10BrN3O2. The van der Waals surface area contributed by atoms with E-state index in [9.17, 15) is 4.79 Å². The molecule has 0 atom stereocenters. The maximum absolute atomic E-state index is 11.3. The van der Waals surface area contributed by atoms with Crippen LogP contribution in [0.4, 0.5) is 0 Å². The average molecular weight is 296 g/mol. The first-order valence-corrected chi connectivity index (χ1v) is 5.49. The average Bonchev–Trinajstić information content (AvgIpc) is 2.32. The third kappa shape index (κ3) is 3.62. The highest BCUT2D eigenvalue weighted by atomic mass is 79.9. The quantitative estimate of drug-likeness (QED) is 0.281. The van der Waals surface area contributed by atoms with Crippen LogP contribution in [0.2, 0.25) is 0 Å². The molecule has 0 aromatic heterocycles. The number of carbonyl (C=O) groups is 1. The van der Waals surface area contributed by atoms with Gasteiger partial charge in [-0.1, -0.05) is 33.2 Å². The summed E-state index contributed by atoms with van der Waals surface area (Å²) in [6.45, 7) is 1.95. The van der Waals surface area contributed by atoms with Gasteiger partial charge in [0.2, 0.25) is 0 Å². The molecular weight excluding hydrogens is 286 g/mol. The second kappa shape index (κ2) is 6.08. The molecule has 0 bridgehead atoms. The van der Waals surface area contributed by atoms with E-state index >= 15 is 0 Å². The molecule has 17 heavy (non-hydrogen) atoms. The van der Waals surface area contributed by atoms with Crippen LogP contribution in [0, 0.1) is 6.92 Å². The molecule has 0 aliphatic heterocycles. The smallest absolute Gasteiger partial charge is 0.340 e. The number of esters is 1. The zero-order chi connectivity index (χ0) is 12.8. The standard InChI is InChI=1S/C11H10BrN3O2/c1-7-3-4-8(5-9(7)12)6-10(14-15-13)11(16)17-2/h3-6H,1-2H3. The largest absolute Gasteiger partial charge is 0.466 e. The molecule has 0 aliphatic carbocycles. The van der Waals surface area contributed by atoms with Crippen molar-refractivity contribution in [3.05, 3.63) is 49.9 Å². The summed E-state index contributed by atoms with van der Waals surface area (Å²) in [7, 11) is 1.23. The van der Waals surface area contributed by atoms with Crippen molar-refractivity contribution >= 4 is 28.0 Å². The number of hydrogen-bond donors (Lipinski definition) is 0. The molecule has 1 aromatic rings. The summed E-state index contributed by atoms with van der Waals surface area (Å²) in [6, 6.07) is 5.53. The van der Waals surface area contributed by atoms with Gasteiger partial charge in [0.1, 0.15) is 5.70 Å². The van der Waals surface area contributed by atoms with Gasteiger partial charge in [0.25, 0.3) is 0 Å². The number of hydrogen-bond acceptors (Lipinski definition) is 3. The maximum Gasteiger partial charge on any atom is 0.340 e. The van der Waals surface area contributed by atoms with Gasteiger partial charge in [0.05, 0.1) is 7.11 Å². The minimum absolute atomic E-state index is 0.0780. The Bertz CT molecular complexity index is 519. The zero-order valence-corrected chi connectivity index (χ0v) is 10.9. The van der Waals surface area contributed by atoms with E-state index in [1.165, 1.54) is 13.2 Å². The second-order valence-corrected chi connectivity index (χ2v) is 4.07. The highest BCUT2D eigenvalue weighted by Gasteiger charge is 2.07. The summed E-state index contributed by atoms with van der Waals surface area (Å²) in [4.78, 5) is 13.9. The van der Waals surface area contributed by atoms with Gasteiger partial charge >= 0.3 is 5.97 Å². The fourth-order valence-electron chi connectivity index (χ4n) is 1.14. The molecule has 1 rings (SSSR count). The molecule has 0 radical (unpaired) electrons. The van der Waals surface area contributed by atoms with Crippen molar-refractivity contribution in [1.82, 2.24) is 0 Å². The van der Waals surface area contributed by atoms with E-state index < -0.39 is 5.97 Å². The van der Waals surface area contributed by atoms with Crippen molar-refractivity contribution in [2.24, 2.45) is 5.11 Å². The van der Waals surface area contributed by atoms with Gasteiger partial charge < -0.3 is 4.74 Å². The van der Waals surface area contributed by atoms with Crippen LogP contribution in [0.3, 0.4) is 0 Å². The SMILES string of the molecule is COC(=O)C(=Cc1ccc(C)c(Br)c1)N=[N+]=[N-]. The van der Waals surface area contributed by atoms with Crippen LogP contribution in [0.25, 0.3) is 16.5 Å². The van der Waals surface area contributed by atoms with E-state index in [2.05, 4.69) is 30.7 Å². The molecule has 0 aliphatic rings. The summed E-state index contributed by atoms with van der Waals surface area (Å²) >= 11 is 3.38. The van der Waals surface area contributed by atoms with Gasteiger partial charge in [-0.05, 0) is 35.7 Å². The molecule has 0 unspecified atom stereocenters. The number of benzene rings is 1. The lowest BCUT2D eigenvalue weighted by molar-refractivity contribution is -0.136. The van der Waals surface area contributed by atoms with Crippen LogP contribution >= 0.6 is 15.9 Å². The van der Waals surface area contributed by atoms with E-state index in [-0.39, 0.29) is 5.70 Å². The lowest BCUT2D eigenvalue weighted by atomic mass is 10.1. The van der Waals surface area contributed by atoms with Crippen molar-refractivity contribution in [2.75, 3.05) is 7.11 Å². The topological polar surface area (TPSA) is 75.1 Å². The van der Waals surface area contributed by atoms with Gasteiger partial charge in [-0.3, -0.25) is 0 Å². The molecule has 0 heterocycles. The minimum atomic E-state index is -0.667. The third-order valence-electron chi connectivity index (χ3n) is 2.05. The van der Waals surface area contributed by atoms with Gasteiger partial charge in [-0.2, -0.15) is 0 Å². The summed E-state index contributed by atoms with van der Waals surface area (Å²) in [5, 5.41) is 3.29. The molecule has 0 amide bonds. The van der Waals surface area contributed by atoms with Crippen molar-refractivity contribution in [3.8, 4) is 0 Å². The number of azide groups is 1. The number of methoxy groups -OCH3 is 1. The molecule has 88 valence electrons. The number of nitrogens with zero attached hydrogens (tertiary/aromatic N) is 3. The van der Waals surface area contributed by atoms with Crippen LogP contribution in [0.15, 0.2) is 33.5 Å². The van der Waals surface area contributed by atoms with Crippen LogP contribution < -0.4 is 0 Å². The summed E-state index contributed by atoms with van der Waals surface area (Å²) in [6.07, 6.45) is 1.47. The molecule has 0 spiro atoms. The number of rotatable bonds is 3. The van der Waals surface area contributed by atoms with Crippen LogP contribution in [0.1, 0.15) is 11.1 Å². The molecule has 1 aromatic carbocycles. The Balaban J connectivity index is 3.17. The van der Waals surface area contributed by atoms with E-state index in [0.29, 0.717) is 0 Å². The molecule has 5 nitrogen and oxygen atoms in total. The first-order valence-electron chi connectivity index (χ1n) is 4.69. The predicted octanol–water partition coefficient (Wildman–Crippen LogP) is 3.58. The van der Waals surface area contributed by atoms with E-state index in [4.69, 9.17) is 5.53 Å². The van der Waals surface area contributed by atoms with Crippen molar-refractivity contribution < 1.29 is 9.53 Å². The lowest BCUT2D eigenvalue weighted by Crippen LogP contribution is -2.01. The molecule has 0 saturated carbocycles. The maximum atomic E-state index is 11.3. The van der Waals surface area contributed by atoms with Gasteiger partial charge in [-0.15, -0.1) is 0 Å². The van der Waals surface area contributed by atoms with Crippen LogP contribution in [0.5, 0.6) is 0 Å². The van der Waals surface area contributed by atoms with Gasteiger partial charge in [0.15, 0.2) is 0 Å². The van der Waals surface area contributed by atoms with Gasteiger partial charge in [-0.25, -0.2) is 4.79 Å². The molecule has 6 heteroatoms. The van der Waals surface area contributed by atoms with Crippen molar-refractivity contribution in [3.63, 3.8) is 0 Å². The van der Waals surface area contributed by atoms with E-state index in [0.717, 1.165) is 15.6 Å². The monoisotopic (exact) mass is 295 g/mol. The van der Waals surface area contributed by atoms with Crippen LogP contribution in [-0.4, -0.2) is 13.1 Å². The Labute approximate surface area is 107 Å². The fourth-order valence-corrected chi connectivity index (χ4v) is 1.53. The first kappa shape index (κ1) is 13.3. The Morgan fingerprint density at radius 1 is 1.59 bits per heavy atom. The molecule has 0 N–H and O–H groups in total. The summed E-state index contributed by atoms with van der Waals surface area (Å²) in [5.41, 5.74) is 10.1. The molecule has 0 fully saturated rings. The minimum Gasteiger partial charge on any atom is -0.466 e. The zero-order valence-electron chi connectivity index (χ0n) is 9.35. The highest BCUT2D eigenvalue weighted by molar-refractivity contribution is 9.10. The third-order valence-corrected chi connectivity index (χ3v) is 2.90. The predicted molar refractivity (Wildman–Crippen MR) is 68.0 cm³/mol. The Kier molecular flexibility index (Phi) is 4.75. The van der Waals surface area contributed by atoms with Crippen molar-refractivity contribution in [1.29, 1.82) is 0 Å². The number of ether oxygens (including phenoxy) is 1. The van der Waals surface area contributed by atoms with E-state index in [1.54, 1.807) is 0 Å². The number of carbonyl (C=O) groups excluding carboxylic acids is 1. The Morgan fingerprint density at radius 2 is 2.29 bits per heavy atom. The van der Waals surface area contributed by atoms with Gasteiger partial charge in [0, 0.05) is 9.38 Å². The lowest BCUT2D eigenvalue weighted by Gasteiger charge is -2.01. The summed E-state index contributed by atoms with van der Waals surface area (Å²) < 4.78 is 5.42. The summed E-state index contributed by atoms with van der Waals surface area (Å²) in [5.74, 6) is -0.667. The number of halogens is 1. The first-order chi connectivity index (χ1) is 8.08. The second-order valence-electron chi connectivity index (χ2n) is 3.22. The van der Waals surface area contributed by atoms with Crippen molar-refractivity contribution in [2.45, 2.75) is 6.92 Å². The normalized spacial score (nSPS) is 10.6. The molecule has 0 saturated heterocycles. The van der Waals surface area contributed by atoms with E-state index in [1.807, 2.05) is 25.1 Å². The Morgan fingerprint density at radius 3 is 2.82 bits per heavy atom. The number of aryl methyl sites for hydroxylation is 1.